The SMILES string of the molecule is CCOC(=O)C1CCN(C(=O)CCCN2C(=O)c3ccc(C)cc3C2=O)CC1. The fourth-order valence-corrected chi connectivity index (χ4v) is 3.78. The predicted molar refractivity (Wildman–Crippen MR) is 102 cm³/mol. The third-order valence-corrected chi connectivity index (χ3v) is 5.37. The van der Waals surface area contributed by atoms with Crippen LogP contribution in [0, 0.1) is 12.8 Å². The van der Waals surface area contributed by atoms with Crippen LogP contribution in [-0.2, 0) is 14.3 Å². The molecule has 0 N–H and O–H groups in total. The number of fused-ring (bicyclic) bond motifs is 1. The van der Waals surface area contributed by atoms with E-state index in [2.05, 4.69) is 0 Å². The van der Waals surface area contributed by atoms with Crippen molar-refractivity contribution in [3.05, 3.63) is 34.9 Å². The molecule has 0 atom stereocenters. The molecule has 28 heavy (non-hydrogen) atoms. The number of benzene rings is 1. The van der Waals surface area contributed by atoms with Crippen LogP contribution in [0.4, 0.5) is 0 Å². The summed E-state index contributed by atoms with van der Waals surface area (Å²) in [5.41, 5.74) is 1.81. The zero-order valence-electron chi connectivity index (χ0n) is 16.4. The fraction of sp³-hybridized carbons (Fsp3) is 0.524. The van der Waals surface area contributed by atoms with Gasteiger partial charge in [-0.3, -0.25) is 24.1 Å². The van der Waals surface area contributed by atoms with E-state index in [1.165, 1.54) is 4.90 Å². The summed E-state index contributed by atoms with van der Waals surface area (Å²) in [6.45, 7) is 5.34. The smallest absolute Gasteiger partial charge is 0.309 e. The number of likely N-dealkylation sites (tertiary alicyclic amines) is 1. The molecule has 0 spiro atoms. The Bertz CT molecular complexity index is 796. The number of aryl methyl sites for hydroxylation is 1. The van der Waals surface area contributed by atoms with E-state index >= 15 is 0 Å². The summed E-state index contributed by atoms with van der Waals surface area (Å²) in [6, 6.07) is 5.23. The number of piperidine rings is 1. The predicted octanol–water partition coefficient (Wildman–Crippen LogP) is 2.17. The first kappa shape index (κ1) is 20.0. The highest BCUT2D eigenvalue weighted by Crippen LogP contribution is 2.24. The second-order valence-electron chi connectivity index (χ2n) is 7.32. The summed E-state index contributed by atoms with van der Waals surface area (Å²) in [4.78, 5) is 52.0. The lowest BCUT2D eigenvalue weighted by Crippen LogP contribution is -2.41. The second kappa shape index (κ2) is 8.54. The molecular weight excluding hydrogens is 360 g/mol. The van der Waals surface area contributed by atoms with Crippen LogP contribution in [0.15, 0.2) is 18.2 Å². The molecule has 2 heterocycles. The molecule has 2 aliphatic heterocycles. The molecule has 3 amide bonds. The Balaban J connectivity index is 1.46. The summed E-state index contributed by atoms with van der Waals surface area (Å²) in [6.07, 6.45) is 1.93. The summed E-state index contributed by atoms with van der Waals surface area (Å²) in [7, 11) is 0. The van der Waals surface area contributed by atoms with Gasteiger partial charge in [0.25, 0.3) is 11.8 Å². The minimum atomic E-state index is -0.289. The number of ether oxygens (including phenoxy) is 1. The molecule has 3 rings (SSSR count). The number of amides is 3. The van der Waals surface area contributed by atoms with Crippen LogP contribution in [0.5, 0.6) is 0 Å². The van der Waals surface area contributed by atoms with Crippen molar-refractivity contribution < 1.29 is 23.9 Å². The lowest BCUT2D eigenvalue weighted by Gasteiger charge is -2.31. The highest BCUT2D eigenvalue weighted by molar-refractivity contribution is 6.21. The summed E-state index contributed by atoms with van der Waals surface area (Å²) in [5.74, 6) is -0.898. The van der Waals surface area contributed by atoms with Crippen LogP contribution in [0.3, 0.4) is 0 Å². The Hall–Kier alpha value is -2.70. The maximum absolute atomic E-state index is 12.5. The van der Waals surface area contributed by atoms with Crippen LogP contribution in [0.25, 0.3) is 0 Å². The van der Waals surface area contributed by atoms with Gasteiger partial charge in [0.2, 0.25) is 5.91 Å². The number of carbonyl (C=O) groups is 4. The van der Waals surface area contributed by atoms with Crippen LogP contribution < -0.4 is 0 Å². The van der Waals surface area contributed by atoms with Gasteiger partial charge in [-0.2, -0.15) is 0 Å². The minimum Gasteiger partial charge on any atom is -0.466 e. The monoisotopic (exact) mass is 386 g/mol. The molecule has 150 valence electrons. The number of rotatable bonds is 6. The van der Waals surface area contributed by atoms with Gasteiger partial charge in [-0.15, -0.1) is 0 Å². The van der Waals surface area contributed by atoms with Crippen molar-refractivity contribution in [3.8, 4) is 0 Å². The van der Waals surface area contributed by atoms with Crippen LogP contribution in [0.1, 0.15) is 58.9 Å². The largest absolute Gasteiger partial charge is 0.466 e. The van der Waals surface area contributed by atoms with Crippen molar-refractivity contribution in [1.82, 2.24) is 9.80 Å². The Labute approximate surface area is 164 Å². The number of hydrogen-bond acceptors (Lipinski definition) is 5. The average Bonchev–Trinajstić information content (AvgIpc) is 2.92. The van der Waals surface area contributed by atoms with Crippen LogP contribution in [-0.4, -0.2) is 59.7 Å². The van der Waals surface area contributed by atoms with Gasteiger partial charge >= 0.3 is 5.97 Å². The van der Waals surface area contributed by atoms with E-state index in [1.54, 1.807) is 24.0 Å². The highest BCUT2D eigenvalue weighted by atomic mass is 16.5. The van der Waals surface area contributed by atoms with Gasteiger partial charge < -0.3 is 9.64 Å². The summed E-state index contributed by atoms with van der Waals surface area (Å²) in [5, 5.41) is 0. The molecule has 2 aliphatic rings. The molecule has 0 aromatic heterocycles. The normalized spacial score (nSPS) is 17.1. The first-order valence-corrected chi connectivity index (χ1v) is 9.83. The number of hydrogen-bond donors (Lipinski definition) is 0. The van der Waals surface area contributed by atoms with Gasteiger partial charge in [0, 0.05) is 26.1 Å². The molecular formula is C21H26N2O5. The van der Waals surface area contributed by atoms with Gasteiger partial charge in [-0.05, 0) is 45.2 Å². The summed E-state index contributed by atoms with van der Waals surface area (Å²) < 4.78 is 5.04. The van der Waals surface area contributed by atoms with E-state index in [9.17, 15) is 19.2 Å². The highest BCUT2D eigenvalue weighted by Gasteiger charge is 2.35. The third-order valence-electron chi connectivity index (χ3n) is 5.37. The molecule has 0 saturated carbocycles. The fourth-order valence-electron chi connectivity index (χ4n) is 3.78. The van der Waals surface area contributed by atoms with E-state index in [-0.39, 0.29) is 42.6 Å². The van der Waals surface area contributed by atoms with Crippen molar-refractivity contribution in [2.24, 2.45) is 5.92 Å². The second-order valence-corrected chi connectivity index (χ2v) is 7.32. The molecule has 1 aromatic carbocycles. The number of imide groups is 1. The first-order valence-electron chi connectivity index (χ1n) is 9.83. The molecule has 0 aliphatic carbocycles. The lowest BCUT2D eigenvalue weighted by atomic mass is 9.96. The number of carbonyl (C=O) groups excluding carboxylic acids is 4. The van der Waals surface area contributed by atoms with Gasteiger partial charge in [0.15, 0.2) is 0 Å². The Morgan fingerprint density at radius 3 is 2.46 bits per heavy atom. The summed E-state index contributed by atoms with van der Waals surface area (Å²) >= 11 is 0. The van der Waals surface area contributed by atoms with Crippen molar-refractivity contribution in [2.75, 3.05) is 26.2 Å². The zero-order chi connectivity index (χ0) is 20.3. The minimum absolute atomic E-state index is 0.00485. The molecule has 1 aromatic rings. The van der Waals surface area contributed by atoms with Gasteiger partial charge in [-0.25, -0.2) is 0 Å². The van der Waals surface area contributed by atoms with Crippen LogP contribution >= 0.6 is 0 Å². The topological polar surface area (TPSA) is 84.0 Å². The quantitative estimate of drug-likeness (QED) is 0.553. The van der Waals surface area contributed by atoms with Gasteiger partial charge in [0.1, 0.15) is 0 Å². The molecule has 7 nitrogen and oxygen atoms in total. The van der Waals surface area contributed by atoms with E-state index in [0.29, 0.717) is 50.1 Å². The maximum atomic E-state index is 12.5. The van der Waals surface area contributed by atoms with E-state index in [1.807, 2.05) is 13.0 Å². The molecule has 0 bridgehead atoms. The number of esters is 1. The lowest BCUT2D eigenvalue weighted by molar-refractivity contribution is -0.151. The Morgan fingerprint density at radius 1 is 1.11 bits per heavy atom. The van der Waals surface area contributed by atoms with Crippen molar-refractivity contribution >= 4 is 23.7 Å². The average molecular weight is 386 g/mol. The molecule has 1 saturated heterocycles. The van der Waals surface area contributed by atoms with Gasteiger partial charge in [-0.1, -0.05) is 11.6 Å². The maximum Gasteiger partial charge on any atom is 0.309 e. The van der Waals surface area contributed by atoms with Crippen LogP contribution in [0.2, 0.25) is 0 Å². The molecule has 0 unspecified atom stereocenters. The van der Waals surface area contributed by atoms with Crippen molar-refractivity contribution in [1.29, 1.82) is 0 Å². The zero-order valence-corrected chi connectivity index (χ0v) is 16.4. The van der Waals surface area contributed by atoms with E-state index < -0.39 is 0 Å². The van der Waals surface area contributed by atoms with E-state index in [0.717, 1.165) is 5.56 Å². The molecule has 0 radical (unpaired) electrons. The van der Waals surface area contributed by atoms with E-state index in [4.69, 9.17) is 4.74 Å². The molecule has 7 heteroatoms. The van der Waals surface area contributed by atoms with Crippen molar-refractivity contribution in [2.45, 2.75) is 39.5 Å². The standard InChI is InChI=1S/C21H26N2O5/c1-3-28-21(27)15-8-11-22(12-9-15)18(24)5-4-10-23-19(25)16-7-6-14(2)13-17(16)20(23)26/h6-7,13,15H,3-5,8-12H2,1-2H3. The Morgan fingerprint density at radius 2 is 1.79 bits per heavy atom. The van der Waals surface area contributed by atoms with Crippen molar-refractivity contribution in [3.63, 3.8) is 0 Å². The Kier molecular flexibility index (Phi) is 6.11. The number of nitrogens with zero attached hydrogens (tertiary/aromatic N) is 2. The van der Waals surface area contributed by atoms with Gasteiger partial charge in [0.05, 0.1) is 23.7 Å². The third kappa shape index (κ3) is 4.08. The molecule has 1 fully saturated rings. The first-order chi connectivity index (χ1) is 13.4.